The highest BCUT2D eigenvalue weighted by Gasteiger charge is 2.24. The summed E-state index contributed by atoms with van der Waals surface area (Å²) in [5.74, 6) is -0.421. The van der Waals surface area contributed by atoms with Gasteiger partial charge in [0.25, 0.3) is 10.0 Å². The molecule has 0 spiro atoms. The van der Waals surface area contributed by atoms with E-state index in [1.54, 1.807) is 13.0 Å². The molecule has 0 heterocycles. The van der Waals surface area contributed by atoms with Crippen LogP contribution < -0.4 is 19.1 Å². The van der Waals surface area contributed by atoms with Crippen molar-refractivity contribution in [1.82, 2.24) is 0 Å². The molecule has 3 aromatic rings. The number of halogens is 1. The minimum absolute atomic E-state index is 0.00262. The summed E-state index contributed by atoms with van der Waals surface area (Å²) in [6.45, 7) is 3.11. The summed E-state index contributed by atoms with van der Waals surface area (Å²) in [5, 5.41) is 2.85. The van der Waals surface area contributed by atoms with Gasteiger partial charge in [0.1, 0.15) is 12.3 Å². The molecule has 0 aliphatic heterocycles. The van der Waals surface area contributed by atoms with Crippen LogP contribution in [-0.2, 0) is 24.8 Å². The third kappa shape index (κ3) is 6.68. The molecule has 2 N–H and O–H groups in total. The molecule has 1 amide bonds. The first-order chi connectivity index (χ1) is 16.8. The molecule has 0 bridgehead atoms. The summed E-state index contributed by atoms with van der Waals surface area (Å²) in [7, 11) is -6.36. The van der Waals surface area contributed by atoms with Crippen LogP contribution in [0.3, 0.4) is 0 Å². The zero-order chi connectivity index (χ0) is 26.7. The number of ether oxygens (including phenoxy) is 1. The van der Waals surface area contributed by atoms with Crippen LogP contribution in [-0.4, -0.2) is 42.7 Å². The van der Waals surface area contributed by atoms with Gasteiger partial charge in [0, 0.05) is 10.7 Å². The van der Waals surface area contributed by atoms with Gasteiger partial charge in [0.15, 0.2) is 0 Å². The van der Waals surface area contributed by atoms with E-state index in [9.17, 15) is 21.6 Å². The van der Waals surface area contributed by atoms with Crippen LogP contribution in [0.25, 0.3) is 0 Å². The predicted molar refractivity (Wildman–Crippen MR) is 142 cm³/mol. The molecule has 0 fully saturated rings. The summed E-state index contributed by atoms with van der Waals surface area (Å²) >= 11 is 6.02. The summed E-state index contributed by atoms with van der Waals surface area (Å²) in [5.41, 5.74) is 2.57. The Bertz CT molecular complexity index is 1490. The van der Waals surface area contributed by atoms with Gasteiger partial charge in [-0.1, -0.05) is 23.7 Å². The fourth-order valence-electron chi connectivity index (χ4n) is 3.34. The lowest BCUT2D eigenvalue weighted by Crippen LogP contribution is -2.37. The molecule has 0 saturated carbocycles. The predicted octanol–water partition coefficient (Wildman–Crippen LogP) is 4.17. The highest BCUT2D eigenvalue weighted by molar-refractivity contribution is 7.92. The summed E-state index contributed by atoms with van der Waals surface area (Å²) < 4.78 is 59.1. The number of carbonyl (C=O) groups is 1. The van der Waals surface area contributed by atoms with E-state index in [-0.39, 0.29) is 27.0 Å². The Morgan fingerprint density at radius 1 is 0.972 bits per heavy atom. The van der Waals surface area contributed by atoms with Crippen LogP contribution in [0.15, 0.2) is 65.6 Å². The molecule has 0 aromatic heterocycles. The molecule has 9 nitrogen and oxygen atoms in total. The largest absolute Gasteiger partial charge is 0.495 e. The van der Waals surface area contributed by atoms with Crippen LogP contribution in [0, 0.1) is 13.8 Å². The maximum Gasteiger partial charge on any atom is 0.261 e. The second-order valence-electron chi connectivity index (χ2n) is 8.08. The van der Waals surface area contributed by atoms with Gasteiger partial charge in [0.2, 0.25) is 15.9 Å². The quantitative estimate of drug-likeness (QED) is 0.411. The van der Waals surface area contributed by atoms with Gasteiger partial charge in [0.05, 0.1) is 29.6 Å². The van der Waals surface area contributed by atoms with Crippen LogP contribution in [0.2, 0.25) is 5.02 Å². The Morgan fingerprint density at radius 2 is 1.64 bits per heavy atom. The molecule has 0 saturated heterocycles. The van der Waals surface area contributed by atoms with Gasteiger partial charge >= 0.3 is 0 Å². The molecular weight excluding hydrogens is 526 g/mol. The van der Waals surface area contributed by atoms with E-state index in [2.05, 4.69) is 10.0 Å². The SMILES string of the molecule is COc1ccc(Cl)cc1N(CC(=O)Nc1ccc(S(=O)(=O)Nc2cc(C)ccc2C)cc1)S(C)(=O)=O. The first kappa shape index (κ1) is 27.3. The average Bonchev–Trinajstić information content (AvgIpc) is 2.79. The number of hydrogen-bond donors (Lipinski definition) is 2. The second-order valence-corrected chi connectivity index (χ2v) is 12.1. The highest BCUT2D eigenvalue weighted by atomic mass is 35.5. The normalized spacial score (nSPS) is 11.6. The second kappa shape index (κ2) is 10.8. The molecule has 0 atom stereocenters. The number of anilines is 3. The molecule has 0 unspecified atom stereocenters. The van der Waals surface area contributed by atoms with Crippen LogP contribution >= 0.6 is 11.6 Å². The van der Waals surface area contributed by atoms with Crippen molar-refractivity contribution in [1.29, 1.82) is 0 Å². The first-order valence-electron chi connectivity index (χ1n) is 10.6. The Labute approximate surface area is 216 Å². The molecule has 192 valence electrons. The Kier molecular flexibility index (Phi) is 8.17. The van der Waals surface area contributed by atoms with Crippen molar-refractivity contribution in [2.75, 3.05) is 34.3 Å². The van der Waals surface area contributed by atoms with E-state index in [4.69, 9.17) is 16.3 Å². The molecule has 3 rings (SSSR count). The van der Waals surface area contributed by atoms with Crippen LogP contribution in [0.4, 0.5) is 17.1 Å². The van der Waals surface area contributed by atoms with Gasteiger partial charge < -0.3 is 10.1 Å². The maximum atomic E-state index is 12.8. The first-order valence-corrected chi connectivity index (χ1v) is 14.3. The minimum atomic E-state index is -3.87. The summed E-state index contributed by atoms with van der Waals surface area (Å²) in [6.07, 6.45) is 0.962. The molecular formula is C24H26ClN3O6S2. The van der Waals surface area contributed by atoms with E-state index >= 15 is 0 Å². The van der Waals surface area contributed by atoms with E-state index in [1.165, 1.54) is 49.6 Å². The number of nitrogens with one attached hydrogen (secondary N) is 2. The Morgan fingerprint density at radius 3 is 2.25 bits per heavy atom. The van der Waals surface area contributed by atoms with Gasteiger partial charge in [-0.05, 0) is 73.5 Å². The standard InChI is InChI=1S/C24H26ClN3O6S2/c1-16-5-6-17(2)21(13-16)27-36(32,33)20-10-8-19(9-11-20)26-24(29)15-28(35(4,30)31)22-14-18(25)7-12-23(22)34-3/h5-14,27H,15H2,1-4H3,(H,26,29). The van der Waals surface area contributed by atoms with Crippen molar-refractivity contribution in [3.8, 4) is 5.75 Å². The Balaban J connectivity index is 1.77. The van der Waals surface area contributed by atoms with Crippen molar-refractivity contribution >= 4 is 54.6 Å². The van der Waals surface area contributed by atoms with Gasteiger partial charge in [-0.3, -0.25) is 13.8 Å². The average molecular weight is 552 g/mol. The highest BCUT2D eigenvalue weighted by Crippen LogP contribution is 2.32. The van der Waals surface area contributed by atoms with E-state index < -0.39 is 32.5 Å². The number of nitrogens with zero attached hydrogens (tertiary/aromatic N) is 1. The van der Waals surface area contributed by atoms with E-state index in [0.29, 0.717) is 5.69 Å². The summed E-state index contributed by atoms with van der Waals surface area (Å²) in [6, 6.07) is 15.4. The third-order valence-corrected chi connectivity index (χ3v) is 7.93. The van der Waals surface area contributed by atoms with Crippen molar-refractivity contribution in [2.45, 2.75) is 18.7 Å². The molecule has 12 heteroatoms. The molecule has 0 radical (unpaired) electrons. The van der Waals surface area contributed by atoms with E-state index in [0.717, 1.165) is 21.7 Å². The molecule has 36 heavy (non-hydrogen) atoms. The molecule has 0 aliphatic carbocycles. The molecule has 3 aromatic carbocycles. The number of rotatable bonds is 9. The topological polar surface area (TPSA) is 122 Å². The van der Waals surface area contributed by atoms with Crippen molar-refractivity contribution in [3.63, 3.8) is 0 Å². The zero-order valence-corrected chi connectivity index (χ0v) is 22.5. The van der Waals surface area contributed by atoms with Gasteiger partial charge in [-0.2, -0.15) is 0 Å². The van der Waals surface area contributed by atoms with Gasteiger partial charge in [-0.15, -0.1) is 0 Å². The Hall–Kier alpha value is -3.28. The lowest BCUT2D eigenvalue weighted by atomic mass is 10.1. The number of methoxy groups -OCH3 is 1. The van der Waals surface area contributed by atoms with Gasteiger partial charge in [-0.25, -0.2) is 16.8 Å². The fourth-order valence-corrected chi connectivity index (χ4v) is 5.48. The van der Waals surface area contributed by atoms with Crippen molar-refractivity contribution < 1.29 is 26.4 Å². The van der Waals surface area contributed by atoms with Crippen LogP contribution in [0.1, 0.15) is 11.1 Å². The summed E-state index contributed by atoms with van der Waals surface area (Å²) in [4.78, 5) is 12.7. The monoisotopic (exact) mass is 551 g/mol. The fraction of sp³-hybridized carbons (Fsp3) is 0.208. The lowest BCUT2D eigenvalue weighted by Gasteiger charge is -2.24. The molecule has 0 aliphatic rings. The third-order valence-electron chi connectivity index (χ3n) is 5.18. The zero-order valence-electron chi connectivity index (χ0n) is 20.1. The number of amides is 1. The number of aryl methyl sites for hydroxylation is 2. The number of carbonyl (C=O) groups excluding carboxylic acids is 1. The van der Waals surface area contributed by atoms with Crippen LogP contribution in [0.5, 0.6) is 5.75 Å². The maximum absolute atomic E-state index is 12.8. The number of hydrogen-bond acceptors (Lipinski definition) is 6. The van der Waals surface area contributed by atoms with Crippen molar-refractivity contribution in [2.24, 2.45) is 0 Å². The lowest BCUT2D eigenvalue weighted by molar-refractivity contribution is -0.114. The van der Waals surface area contributed by atoms with Crippen molar-refractivity contribution in [3.05, 3.63) is 76.8 Å². The number of sulfonamides is 2. The smallest absolute Gasteiger partial charge is 0.261 e. The number of benzene rings is 3. The van der Waals surface area contributed by atoms with E-state index in [1.807, 2.05) is 19.1 Å². The minimum Gasteiger partial charge on any atom is -0.495 e.